The summed E-state index contributed by atoms with van der Waals surface area (Å²) in [4.78, 5) is 11.6. The molecular weight excluding hydrogens is 278 g/mol. The highest BCUT2D eigenvalue weighted by Crippen LogP contribution is 2.40. The van der Waals surface area contributed by atoms with Crippen LogP contribution in [0.25, 0.3) is 0 Å². The van der Waals surface area contributed by atoms with Gasteiger partial charge in [0.1, 0.15) is 11.8 Å². The molecule has 22 heavy (non-hydrogen) atoms. The molecule has 0 saturated carbocycles. The first-order valence-electron chi connectivity index (χ1n) is 7.73. The van der Waals surface area contributed by atoms with E-state index in [4.69, 9.17) is 0 Å². The number of carboxylic acid groups (broad SMARTS) is 1. The second-order valence-corrected chi connectivity index (χ2v) is 7.79. The van der Waals surface area contributed by atoms with Crippen LogP contribution >= 0.6 is 0 Å². The van der Waals surface area contributed by atoms with Crippen molar-refractivity contribution >= 4 is 5.97 Å². The van der Waals surface area contributed by atoms with Crippen molar-refractivity contribution in [3.05, 3.63) is 28.8 Å². The summed E-state index contributed by atoms with van der Waals surface area (Å²) in [5.74, 6) is -0.642. The number of nitrogens with one attached hydrogen (secondary N) is 1. The van der Waals surface area contributed by atoms with Gasteiger partial charge in [0.05, 0.1) is 0 Å². The van der Waals surface area contributed by atoms with Crippen molar-refractivity contribution in [1.82, 2.24) is 5.32 Å². The minimum Gasteiger partial charge on any atom is -0.507 e. The first-order valence-corrected chi connectivity index (χ1v) is 7.73. The molecule has 1 aromatic carbocycles. The van der Waals surface area contributed by atoms with E-state index in [-0.39, 0.29) is 16.6 Å². The number of phenols is 1. The van der Waals surface area contributed by atoms with Crippen molar-refractivity contribution < 1.29 is 15.0 Å². The summed E-state index contributed by atoms with van der Waals surface area (Å²) in [6, 6.07) is 2.85. The highest BCUT2D eigenvalue weighted by Gasteiger charge is 2.29. The molecule has 0 fully saturated rings. The Bertz CT molecular complexity index is 515. The van der Waals surface area contributed by atoms with Gasteiger partial charge in [-0.1, -0.05) is 48.5 Å². The van der Waals surface area contributed by atoms with Crippen LogP contribution in [0.5, 0.6) is 5.75 Å². The molecule has 1 unspecified atom stereocenters. The third-order valence-electron chi connectivity index (χ3n) is 3.74. The van der Waals surface area contributed by atoms with E-state index < -0.39 is 12.0 Å². The zero-order valence-electron chi connectivity index (χ0n) is 14.7. The van der Waals surface area contributed by atoms with E-state index in [9.17, 15) is 15.0 Å². The Kier molecular flexibility index (Phi) is 5.29. The Morgan fingerprint density at radius 3 is 1.77 bits per heavy atom. The van der Waals surface area contributed by atoms with Gasteiger partial charge in [-0.25, -0.2) is 0 Å². The summed E-state index contributed by atoms with van der Waals surface area (Å²) in [6.45, 7) is 14.5. The van der Waals surface area contributed by atoms with Crippen LogP contribution in [0.15, 0.2) is 12.1 Å². The van der Waals surface area contributed by atoms with Crippen LogP contribution in [0.1, 0.15) is 71.2 Å². The topological polar surface area (TPSA) is 69.6 Å². The monoisotopic (exact) mass is 307 g/mol. The molecule has 0 heterocycles. The van der Waals surface area contributed by atoms with E-state index in [1.165, 1.54) is 0 Å². The lowest BCUT2D eigenvalue weighted by Gasteiger charge is -2.29. The summed E-state index contributed by atoms with van der Waals surface area (Å²) in [6.07, 6.45) is 0. The number of rotatable bonds is 4. The molecule has 0 amide bonds. The molecule has 0 radical (unpaired) electrons. The zero-order valence-corrected chi connectivity index (χ0v) is 14.7. The molecule has 0 spiro atoms. The lowest BCUT2D eigenvalue weighted by molar-refractivity contribution is -0.139. The minimum absolute atomic E-state index is 0.268. The first kappa shape index (κ1) is 18.5. The van der Waals surface area contributed by atoms with E-state index in [1.54, 1.807) is 0 Å². The van der Waals surface area contributed by atoms with Gasteiger partial charge in [0, 0.05) is 0 Å². The summed E-state index contributed by atoms with van der Waals surface area (Å²) in [7, 11) is 0. The van der Waals surface area contributed by atoms with Crippen LogP contribution < -0.4 is 5.32 Å². The summed E-state index contributed by atoms with van der Waals surface area (Å²) in [5, 5.41) is 23.2. The van der Waals surface area contributed by atoms with Gasteiger partial charge in [-0.15, -0.1) is 0 Å². The lowest BCUT2D eigenvalue weighted by Crippen LogP contribution is -2.29. The zero-order chi connectivity index (χ0) is 17.3. The predicted molar refractivity (Wildman–Crippen MR) is 89.6 cm³/mol. The van der Waals surface area contributed by atoms with Crippen molar-refractivity contribution in [2.45, 2.75) is 65.3 Å². The summed E-state index contributed by atoms with van der Waals surface area (Å²) >= 11 is 0. The third-order valence-corrected chi connectivity index (χ3v) is 3.74. The Hall–Kier alpha value is -1.55. The maximum absolute atomic E-state index is 11.6. The second kappa shape index (κ2) is 6.29. The molecule has 124 valence electrons. The number of likely N-dealkylation sites (N-methyl/N-ethyl adjacent to an activating group) is 1. The van der Waals surface area contributed by atoms with E-state index in [2.05, 4.69) is 5.32 Å². The van der Waals surface area contributed by atoms with Crippen molar-refractivity contribution in [3.8, 4) is 5.75 Å². The van der Waals surface area contributed by atoms with Gasteiger partial charge in [-0.2, -0.15) is 0 Å². The van der Waals surface area contributed by atoms with Gasteiger partial charge in [0.25, 0.3) is 0 Å². The van der Waals surface area contributed by atoms with Crippen LogP contribution in [0, 0.1) is 0 Å². The maximum Gasteiger partial charge on any atom is 0.325 e. The number of aromatic hydroxyl groups is 1. The van der Waals surface area contributed by atoms with Crippen molar-refractivity contribution in [3.63, 3.8) is 0 Å². The van der Waals surface area contributed by atoms with Crippen molar-refractivity contribution in [2.75, 3.05) is 6.54 Å². The molecule has 0 aliphatic carbocycles. The fraction of sp³-hybridized carbons (Fsp3) is 0.611. The van der Waals surface area contributed by atoms with Gasteiger partial charge >= 0.3 is 5.97 Å². The van der Waals surface area contributed by atoms with Gasteiger partial charge < -0.3 is 15.5 Å². The largest absolute Gasteiger partial charge is 0.507 e. The number of hydrogen-bond donors (Lipinski definition) is 3. The lowest BCUT2D eigenvalue weighted by atomic mass is 9.77. The third kappa shape index (κ3) is 4.01. The second-order valence-electron chi connectivity index (χ2n) is 7.79. The molecule has 0 aromatic heterocycles. The molecule has 1 rings (SSSR count). The van der Waals surface area contributed by atoms with E-state index in [0.717, 1.165) is 11.1 Å². The number of benzene rings is 1. The minimum atomic E-state index is -0.910. The number of phenolic OH excluding ortho intramolecular Hbond substituents is 1. The van der Waals surface area contributed by atoms with Crippen LogP contribution in [-0.2, 0) is 15.6 Å². The Morgan fingerprint density at radius 2 is 1.50 bits per heavy atom. The van der Waals surface area contributed by atoms with Crippen LogP contribution in [0.3, 0.4) is 0 Å². The maximum atomic E-state index is 11.6. The fourth-order valence-electron chi connectivity index (χ4n) is 2.52. The molecule has 0 aliphatic heterocycles. The van der Waals surface area contributed by atoms with Gasteiger partial charge in [0.15, 0.2) is 0 Å². The van der Waals surface area contributed by atoms with E-state index in [0.29, 0.717) is 12.1 Å². The van der Waals surface area contributed by atoms with Crippen molar-refractivity contribution in [1.29, 1.82) is 0 Å². The van der Waals surface area contributed by atoms with Crippen LogP contribution in [0.4, 0.5) is 0 Å². The molecule has 1 atom stereocenters. The number of hydrogen-bond acceptors (Lipinski definition) is 3. The normalized spacial score (nSPS) is 14.0. The number of carboxylic acids is 1. The summed E-state index contributed by atoms with van der Waals surface area (Å²) < 4.78 is 0. The van der Waals surface area contributed by atoms with E-state index in [1.807, 2.05) is 60.6 Å². The quantitative estimate of drug-likeness (QED) is 0.793. The number of carbonyl (C=O) groups is 1. The van der Waals surface area contributed by atoms with Gasteiger partial charge in [-0.3, -0.25) is 4.79 Å². The van der Waals surface area contributed by atoms with Crippen LogP contribution in [-0.4, -0.2) is 22.7 Å². The molecule has 4 nitrogen and oxygen atoms in total. The Morgan fingerprint density at radius 1 is 1.09 bits per heavy atom. The molecule has 0 saturated heterocycles. The smallest absolute Gasteiger partial charge is 0.325 e. The molecule has 1 aromatic rings. The summed E-state index contributed by atoms with van der Waals surface area (Å²) in [5.41, 5.74) is 1.70. The average molecular weight is 307 g/mol. The van der Waals surface area contributed by atoms with Crippen molar-refractivity contribution in [2.24, 2.45) is 0 Å². The molecular formula is C18H29NO3. The Labute approximate surface area is 133 Å². The highest BCUT2D eigenvalue weighted by molar-refractivity contribution is 5.76. The predicted octanol–water partition coefficient (Wildman–Crippen LogP) is 3.72. The van der Waals surface area contributed by atoms with Gasteiger partial charge in [0.2, 0.25) is 0 Å². The standard InChI is InChI=1S/C18H29NO3/c1-8-19-14(16(21)22)11-9-12(17(2,3)4)15(20)13(10-11)18(5,6)7/h9-10,14,19-20H,8H2,1-7H3,(H,21,22). The van der Waals surface area contributed by atoms with Gasteiger partial charge in [-0.05, 0) is 46.2 Å². The average Bonchev–Trinajstić information content (AvgIpc) is 2.33. The number of aliphatic carboxylic acids is 1. The Balaban J connectivity index is 3.63. The first-order chi connectivity index (χ1) is 9.89. The molecule has 4 heteroatoms. The highest BCUT2D eigenvalue weighted by atomic mass is 16.4. The molecule has 0 aliphatic rings. The SMILES string of the molecule is CCNC(C(=O)O)c1cc(C(C)(C)C)c(O)c(C(C)(C)C)c1. The molecule has 0 bridgehead atoms. The fourth-order valence-corrected chi connectivity index (χ4v) is 2.52. The van der Waals surface area contributed by atoms with Crippen LogP contribution in [0.2, 0.25) is 0 Å². The molecule has 3 N–H and O–H groups in total. The van der Waals surface area contributed by atoms with E-state index >= 15 is 0 Å².